The number of aromatic nitrogens is 2. The molecule has 0 radical (unpaired) electrons. The van der Waals surface area contributed by atoms with Gasteiger partial charge in [0.15, 0.2) is 6.10 Å². The number of nitrogens with zero attached hydrogens (tertiary/aromatic N) is 2. The van der Waals surface area contributed by atoms with Gasteiger partial charge in [-0.25, -0.2) is 0 Å². The smallest absolute Gasteiger partial charge is 0.382 e. The van der Waals surface area contributed by atoms with E-state index in [2.05, 4.69) is 10.4 Å². The van der Waals surface area contributed by atoms with E-state index in [0.29, 0.717) is 0 Å². The second-order valence-corrected chi connectivity index (χ2v) is 3.73. The maximum Gasteiger partial charge on any atom is 0.415 e. The summed E-state index contributed by atoms with van der Waals surface area (Å²) < 4.78 is 37.8. The predicted molar refractivity (Wildman–Crippen MR) is 56.3 cm³/mol. The van der Waals surface area contributed by atoms with Gasteiger partial charge in [-0.05, 0) is 12.5 Å². The van der Waals surface area contributed by atoms with Gasteiger partial charge in [0.2, 0.25) is 0 Å². The van der Waals surface area contributed by atoms with Crippen molar-refractivity contribution < 1.29 is 18.3 Å². The van der Waals surface area contributed by atoms with E-state index >= 15 is 0 Å². The van der Waals surface area contributed by atoms with Crippen molar-refractivity contribution in [3.63, 3.8) is 0 Å². The molecule has 2 N–H and O–H groups in total. The van der Waals surface area contributed by atoms with Crippen molar-refractivity contribution in [3.8, 4) is 0 Å². The zero-order chi connectivity index (χ0) is 12.9. The van der Waals surface area contributed by atoms with Crippen LogP contribution in [0.25, 0.3) is 0 Å². The van der Waals surface area contributed by atoms with Crippen molar-refractivity contribution in [2.45, 2.75) is 38.7 Å². The summed E-state index contributed by atoms with van der Waals surface area (Å²) >= 11 is 0. The first-order valence-electron chi connectivity index (χ1n) is 5.41. The van der Waals surface area contributed by atoms with Crippen LogP contribution in [-0.2, 0) is 13.1 Å². The minimum Gasteiger partial charge on any atom is -0.382 e. The number of halogens is 3. The van der Waals surface area contributed by atoms with Crippen LogP contribution in [0.1, 0.15) is 19.0 Å². The summed E-state index contributed by atoms with van der Waals surface area (Å²) in [5.41, 5.74) is 0.807. The minimum absolute atomic E-state index is 0.257. The van der Waals surface area contributed by atoms with Crippen LogP contribution in [0.5, 0.6) is 0 Å². The molecule has 98 valence electrons. The first kappa shape index (κ1) is 14.0. The van der Waals surface area contributed by atoms with Gasteiger partial charge in [0.25, 0.3) is 0 Å². The van der Waals surface area contributed by atoms with Crippen LogP contribution in [0, 0.1) is 0 Å². The van der Waals surface area contributed by atoms with Crippen LogP contribution in [0.3, 0.4) is 0 Å². The van der Waals surface area contributed by atoms with E-state index in [-0.39, 0.29) is 6.54 Å². The van der Waals surface area contributed by atoms with E-state index in [4.69, 9.17) is 5.11 Å². The van der Waals surface area contributed by atoms with Gasteiger partial charge in [-0.2, -0.15) is 18.3 Å². The lowest BCUT2D eigenvalue weighted by molar-refractivity contribution is -0.201. The molecule has 4 nitrogen and oxygen atoms in total. The first-order valence-corrected chi connectivity index (χ1v) is 5.41. The monoisotopic (exact) mass is 251 g/mol. The number of nitrogens with one attached hydrogen (secondary N) is 1. The largest absolute Gasteiger partial charge is 0.415 e. The Hall–Kier alpha value is -1.08. The third-order valence-corrected chi connectivity index (χ3v) is 2.26. The van der Waals surface area contributed by atoms with Gasteiger partial charge in [0.1, 0.15) is 0 Å². The van der Waals surface area contributed by atoms with Crippen molar-refractivity contribution in [3.05, 3.63) is 18.0 Å². The quantitative estimate of drug-likeness (QED) is 0.801. The molecule has 1 aromatic rings. The van der Waals surface area contributed by atoms with Crippen molar-refractivity contribution >= 4 is 0 Å². The molecule has 1 aromatic heterocycles. The highest BCUT2D eigenvalue weighted by Crippen LogP contribution is 2.19. The van der Waals surface area contributed by atoms with Crippen molar-refractivity contribution in [2.75, 3.05) is 6.54 Å². The molecule has 0 bridgehead atoms. The molecule has 1 atom stereocenters. The first-order chi connectivity index (χ1) is 7.95. The fourth-order valence-electron chi connectivity index (χ4n) is 1.38. The summed E-state index contributed by atoms with van der Waals surface area (Å²) in [7, 11) is 0. The molecule has 1 rings (SSSR count). The normalized spacial score (nSPS) is 13.9. The van der Waals surface area contributed by atoms with Gasteiger partial charge in [0, 0.05) is 25.8 Å². The third kappa shape index (κ3) is 4.35. The molecule has 0 aliphatic carbocycles. The maximum atomic E-state index is 12.0. The molecule has 0 spiro atoms. The molecule has 1 unspecified atom stereocenters. The van der Waals surface area contributed by atoms with Crippen LogP contribution in [0.4, 0.5) is 13.2 Å². The van der Waals surface area contributed by atoms with Crippen molar-refractivity contribution in [1.82, 2.24) is 15.1 Å². The Morgan fingerprint density at radius 2 is 2.24 bits per heavy atom. The number of hydrogen-bond donors (Lipinski definition) is 2. The van der Waals surface area contributed by atoms with E-state index in [1.54, 1.807) is 16.9 Å². The Morgan fingerprint density at radius 1 is 1.53 bits per heavy atom. The van der Waals surface area contributed by atoms with Gasteiger partial charge in [-0.1, -0.05) is 6.92 Å². The maximum absolute atomic E-state index is 12.0. The van der Waals surface area contributed by atoms with E-state index in [0.717, 1.165) is 18.7 Å². The van der Waals surface area contributed by atoms with Crippen LogP contribution < -0.4 is 5.32 Å². The van der Waals surface area contributed by atoms with Gasteiger partial charge in [-0.15, -0.1) is 0 Å². The number of aliphatic hydroxyl groups is 1. The number of aryl methyl sites for hydroxylation is 1. The van der Waals surface area contributed by atoms with Crippen molar-refractivity contribution in [2.24, 2.45) is 0 Å². The fraction of sp³-hybridized carbons (Fsp3) is 0.700. The van der Waals surface area contributed by atoms with Gasteiger partial charge < -0.3 is 10.4 Å². The lowest BCUT2D eigenvalue weighted by atomic mass is 10.3. The van der Waals surface area contributed by atoms with Gasteiger partial charge in [0.05, 0.1) is 5.69 Å². The van der Waals surface area contributed by atoms with E-state index in [9.17, 15) is 13.2 Å². The SMILES string of the molecule is CCCn1nccc1CNCC(O)C(F)(F)F. The fourth-order valence-corrected chi connectivity index (χ4v) is 1.38. The zero-order valence-electron chi connectivity index (χ0n) is 9.54. The average molecular weight is 251 g/mol. The highest BCUT2D eigenvalue weighted by molar-refractivity contribution is 5.00. The Labute approximate surface area is 97.4 Å². The molecule has 7 heteroatoms. The molecular weight excluding hydrogens is 235 g/mol. The Kier molecular flexibility index (Phi) is 4.95. The number of hydrogen-bond acceptors (Lipinski definition) is 3. The summed E-state index contributed by atoms with van der Waals surface area (Å²) in [6, 6.07) is 1.74. The number of rotatable bonds is 6. The molecule has 0 aliphatic rings. The topological polar surface area (TPSA) is 50.1 Å². The molecule has 0 saturated heterocycles. The molecule has 0 fully saturated rings. The summed E-state index contributed by atoms with van der Waals surface area (Å²) in [6.45, 7) is 2.46. The summed E-state index contributed by atoms with van der Waals surface area (Å²) in [4.78, 5) is 0. The number of alkyl halides is 3. The molecule has 0 aliphatic heterocycles. The van der Waals surface area contributed by atoms with Crippen LogP contribution in [0.15, 0.2) is 12.3 Å². The molecule has 1 heterocycles. The standard InChI is InChI=1S/C10H16F3N3O/c1-2-5-16-8(3-4-15-16)6-14-7-9(17)10(11,12)13/h3-4,9,14,17H,2,5-7H2,1H3. The summed E-state index contributed by atoms with van der Waals surface area (Å²) in [6.07, 6.45) is -4.39. The molecule has 0 amide bonds. The highest BCUT2D eigenvalue weighted by Gasteiger charge is 2.37. The van der Waals surface area contributed by atoms with Crippen LogP contribution in [0.2, 0.25) is 0 Å². The molecular formula is C10H16F3N3O. The van der Waals surface area contributed by atoms with E-state index in [1.165, 1.54) is 0 Å². The minimum atomic E-state index is -4.57. The second-order valence-electron chi connectivity index (χ2n) is 3.73. The Bertz CT molecular complexity index is 338. The van der Waals surface area contributed by atoms with E-state index < -0.39 is 18.8 Å². The lowest BCUT2D eigenvalue weighted by Crippen LogP contribution is -2.38. The lowest BCUT2D eigenvalue weighted by Gasteiger charge is -2.15. The molecule has 0 saturated carbocycles. The van der Waals surface area contributed by atoms with Gasteiger partial charge >= 0.3 is 6.18 Å². The summed E-state index contributed by atoms with van der Waals surface area (Å²) in [5.74, 6) is 0. The second kappa shape index (κ2) is 6.02. The molecule has 0 aromatic carbocycles. The van der Waals surface area contributed by atoms with Gasteiger partial charge in [-0.3, -0.25) is 4.68 Å². The highest BCUT2D eigenvalue weighted by atomic mass is 19.4. The average Bonchev–Trinajstić information content (AvgIpc) is 2.65. The Morgan fingerprint density at radius 3 is 2.82 bits per heavy atom. The van der Waals surface area contributed by atoms with Crippen molar-refractivity contribution in [1.29, 1.82) is 0 Å². The summed E-state index contributed by atoms with van der Waals surface area (Å²) in [5, 5.41) is 15.4. The zero-order valence-corrected chi connectivity index (χ0v) is 9.54. The Balaban J connectivity index is 2.38. The van der Waals surface area contributed by atoms with Crippen LogP contribution >= 0.6 is 0 Å². The van der Waals surface area contributed by atoms with E-state index in [1.807, 2.05) is 6.92 Å². The predicted octanol–water partition coefficient (Wildman–Crippen LogP) is 1.31. The third-order valence-electron chi connectivity index (χ3n) is 2.26. The number of aliphatic hydroxyl groups excluding tert-OH is 1. The van der Waals surface area contributed by atoms with Crippen LogP contribution in [-0.4, -0.2) is 33.7 Å². The molecule has 17 heavy (non-hydrogen) atoms.